The lowest BCUT2D eigenvalue weighted by Crippen LogP contribution is -2.40. The van der Waals surface area contributed by atoms with E-state index in [1.54, 1.807) is 18.4 Å². The van der Waals surface area contributed by atoms with Gasteiger partial charge >= 0.3 is 5.97 Å². The quantitative estimate of drug-likeness (QED) is 0.482. The predicted molar refractivity (Wildman–Crippen MR) is 137 cm³/mol. The van der Waals surface area contributed by atoms with Gasteiger partial charge in [0.25, 0.3) is 5.91 Å². The number of rotatable bonds is 5. The monoisotopic (exact) mass is 510 g/mol. The second kappa shape index (κ2) is 9.54. The summed E-state index contributed by atoms with van der Waals surface area (Å²) in [7, 11) is -1.56. The van der Waals surface area contributed by atoms with Crippen molar-refractivity contribution in [3.8, 4) is 0 Å². The second-order valence-corrected chi connectivity index (χ2v) is 12.2. The highest BCUT2D eigenvalue weighted by molar-refractivity contribution is 7.91. The summed E-state index contributed by atoms with van der Waals surface area (Å²) in [5.74, 6) is -0.944. The van der Waals surface area contributed by atoms with Gasteiger partial charge in [0.15, 0.2) is 16.4 Å². The van der Waals surface area contributed by atoms with Crippen LogP contribution in [0.5, 0.6) is 0 Å². The van der Waals surface area contributed by atoms with Crippen LogP contribution in [-0.4, -0.2) is 61.4 Å². The molecule has 35 heavy (non-hydrogen) atoms. The van der Waals surface area contributed by atoms with Crippen molar-refractivity contribution in [2.75, 3.05) is 25.2 Å². The molecule has 1 aromatic carbocycles. The van der Waals surface area contributed by atoms with Crippen LogP contribution in [0.4, 0.5) is 0 Å². The highest BCUT2D eigenvalue weighted by atomic mass is 32.2. The fourth-order valence-corrected chi connectivity index (χ4v) is 7.30. The largest absolute Gasteiger partial charge is 0.452 e. The van der Waals surface area contributed by atoms with Gasteiger partial charge in [0.05, 0.1) is 28.3 Å². The topological polar surface area (TPSA) is 93.6 Å². The Hall–Kier alpha value is -3.04. The van der Waals surface area contributed by atoms with Crippen LogP contribution in [-0.2, 0) is 25.8 Å². The normalized spacial score (nSPS) is 20.0. The number of hydrogen-bond donors (Lipinski definition) is 0. The number of allylic oxidation sites excluding steroid dienone is 1. The van der Waals surface area contributed by atoms with Gasteiger partial charge in [-0.15, -0.1) is 11.3 Å². The van der Waals surface area contributed by atoms with Gasteiger partial charge in [-0.2, -0.15) is 0 Å². The number of amides is 1. The van der Waals surface area contributed by atoms with Crippen LogP contribution in [0.15, 0.2) is 41.8 Å². The lowest BCUT2D eigenvalue weighted by molar-refractivity contribution is -0.134. The number of ether oxygens (including phenoxy) is 1. The number of para-hydroxylation sites is 1. The average Bonchev–Trinajstić information content (AvgIpc) is 3.49. The third-order valence-corrected chi connectivity index (χ3v) is 9.28. The molecule has 1 aliphatic heterocycles. The molecule has 0 radical (unpaired) electrons. The summed E-state index contributed by atoms with van der Waals surface area (Å²) < 4.78 is 29.1. The number of likely N-dealkylation sites (N-methyl/N-ethyl adjacent to an activating group) is 1. The molecule has 0 spiro atoms. The van der Waals surface area contributed by atoms with Crippen LogP contribution in [0, 0.1) is 0 Å². The summed E-state index contributed by atoms with van der Waals surface area (Å²) in [6.45, 7) is -0.435. The molecule has 7 nitrogen and oxygen atoms in total. The molecule has 0 unspecified atom stereocenters. The van der Waals surface area contributed by atoms with Crippen molar-refractivity contribution in [2.24, 2.45) is 0 Å². The number of aromatic nitrogens is 1. The molecule has 1 aliphatic carbocycles. The molecule has 9 heteroatoms. The third-order valence-electron chi connectivity index (χ3n) is 6.71. The van der Waals surface area contributed by atoms with E-state index in [1.807, 2.05) is 35.7 Å². The van der Waals surface area contributed by atoms with E-state index in [0.29, 0.717) is 29.3 Å². The van der Waals surface area contributed by atoms with Gasteiger partial charge in [-0.1, -0.05) is 24.3 Å². The van der Waals surface area contributed by atoms with E-state index >= 15 is 0 Å². The number of fused-ring (bicyclic) bond motifs is 2. The summed E-state index contributed by atoms with van der Waals surface area (Å²) in [5.41, 5.74) is 3.92. The minimum absolute atomic E-state index is 0.0506. The van der Waals surface area contributed by atoms with E-state index in [0.717, 1.165) is 34.5 Å². The number of sulfone groups is 1. The Labute approximate surface area is 208 Å². The molecular formula is C26H26N2O5S2. The minimum atomic E-state index is -3.12. The van der Waals surface area contributed by atoms with Gasteiger partial charge in [-0.3, -0.25) is 4.79 Å². The molecule has 1 saturated heterocycles. The van der Waals surface area contributed by atoms with E-state index in [4.69, 9.17) is 9.72 Å². The summed E-state index contributed by atoms with van der Waals surface area (Å²) in [5, 5.41) is 2.73. The maximum Gasteiger partial charge on any atom is 0.339 e. The fourth-order valence-electron chi connectivity index (χ4n) is 4.84. The SMILES string of the molecule is CN(C(=O)COC(=O)c1c2c(nc3ccccc13)/C(=C\c1cccs1)CCC2)[C@H]1CCS(=O)(=O)C1. The minimum Gasteiger partial charge on any atom is -0.452 e. The molecule has 182 valence electrons. The number of nitrogens with zero attached hydrogens (tertiary/aromatic N) is 2. The highest BCUT2D eigenvalue weighted by Crippen LogP contribution is 2.36. The molecule has 3 heterocycles. The zero-order chi connectivity index (χ0) is 24.6. The number of thiophene rings is 1. The first-order valence-corrected chi connectivity index (χ1v) is 14.3. The lowest BCUT2D eigenvalue weighted by atomic mass is 9.86. The Balaban J connectivity index is 1.44. The van der Waals surface area contributed by atoms with Crippen molar-refractivity contribution in [1.29, 1.82) is 0 Å². The van der Waals surface area contributed by atoms with Crippen LogP contribution in [0.25, 0.3) is 22.6 Å². The van der Waals surface area contributed by atoms with Gasteiger partial charge in [0, 0.05) is 23.4 Å². The zero-order valence-corrected chi connectivity index (χ0v) is 21.0. The third kappa shape index (κ3) is 4.88. The maximum absolute atomic E-state index is 13.4. The number of carbonyl (C=O) groups is 2. The van der Waals surface area contributed by atoms with Crippen LogP contribution in [0.2, 0.25) is 0 Å². The molecular weight excluding hydrogens is 484 g/mol. The fraction of sp³-hybridized carbons (Fsp3) is 0.346. The summed E-state index contributed by atoms with van der Waals surface area (Å²) in [6, 6.07) is 11.2. The van der Waals surface area contributed by atoms with E-state index < -0.39 is 28.3 Å². The van der Waals surface area contributed by atoms with Crippen LogP contribution in [0.1, 0.15) is 45.8 Å². The van der Waals surface area contributed by atoms with Gasteiger partial charge in [0.2, 0.25) is 0 Å². The molecule has 2 aliphatic rings. The smallest absolute Gasteiger partial charge is 0.339 e. The molecule has 1 amide bonds. The highest BCUT2D eigenvalue weighted by Gasteiger charge is 2.33. The van der Waals surface area contributed by atoms with Crippen molar-refractivity contribution in [1.82, 2.24) is 9.88 Å². The molecule has 0 saturated carbocycles. The molecule has 0 N–H and O–H groups in total. The second-order valence-electron chi connectivity index (χ2n) is 9.01. The summed E-state index contributed by atoms with van der Waals surface area (Å²) >= 11 is 1.65. The predicted octanol–water partition coefficient (Wildman–Crippen LogP) is 3.98. The Morgan fingerprint density at radius 2 is 2.03 bits per heavy atom. The van der Waals surface area contributed by atoms with Crippen LogP contribution >= 0.6 is 11.3 Å². The van der Waals surface area contributed by atoms with E-state index in [2.05, 4.69) is 12.1 Å². The molecule has 3 aromatic rings. The standard InChI is InChI=1S/C26H26N2O5S2/c1-28(18-11-13-35(31,32)16-18)23(29)15-33-26(30)24-20-8-2-3-10-22(20)27-25-17(6-4-9-21(24)25)14-19-7-5-12-34-19/h2-3,5,7-8,10,12,14,18H,4,6,9,11,13,15-16H2,1H3/b17-14-/t18-/m0/s1. The van der Waals surface area contributed by atoms with Crippen molar-refractivity contribution >= 4 is 55.6 Å². The summed E-state index contributed by atoms with van der Waals surface area (Å²) in [4.78, 5) is 33.5. The van der Waals surface area contributed by atoms with Gasteiger partial charge in [-0.25, -0.2) is 18.2 Å². The first-order valence-electron chi connectivity index (χ1n) is 11.6. The molecule has 2 aromatic heterocycles. The van der Waals surface area contributed by atoms with Crippen molar-refractivity contribution in [3.63, 3.8) is 0 Å². The molecule has 5 rings (SSSR count). The van der Waals surface area contributed by atoms with Gasteiger partial charge in [-0.05, 0) is 60.4 Å². The maximum atomic E-state index is 13.4. The lowest BCUT2D eigenvalue weighted by Gasteiger charge is -2.24. The number of hydrogen-bond acceptors (Lipinski definition) is 7. The first kappa shape index (κ1) is 23.7. The Bertz CT molecular complexity index is 1430. The number of pyridine rings is 1. The zero-order valence-electron chi connectivity index (χ0n) is 19.4. The Morgan fingerprint density at radius 1 is 1.20 bits per heavy atom. The van der Waals surface area contributed by atoms with E-state index in [9.17, 15) is 18.0 Å². The van der Waals surface area contributed by atoms with E-state index in [1.165, 1.54) is 4.90 Å². The Morgan fingerprint density at radius 3 is 2.77 bits per heavy atom. The summed E-state index contributed by atoms with van der Waals surface area (Å²) in [6.07, 6.45) is 5.00. The number of carbonyl (C=O) groups excluding carboxylic acids is 2. The Kier molecular flexibility index (Phi) is 6.46. The first-order chi connectivity index (χ1) is 16.8. The number of benzene rings is 1. The van der Waals surface area contributed by atoms with Crippen molar-refractivity contribution in [3.05, 3.63) is 63.5 Å². The van der Waals surface area contributed by atoms with Crippen LogP contribution < -0.4 is 0 Å². The van der Waals surface area contributed by atoms with Crippen LogP contribution in [0.3, 0.4) is 0 Å². The van der Waals surface area contributed by atoms with Crippen molar-refractivity contribution in [2.45, 2.75) is 31.7 Å². The molecule has 1 atom stereocenters. The molecule has 0 bridgehead atoms. The number of esters is 1. The van der Waals surface area contributed by atoms with Crippen molar-refractivity contribution < 1.29 is 22.7 Å². The average molecular weight is 511 g/mol. The molecule has 1 fully saturated rings. The van der Waals surface area contributed by atoms with Gasteiger partial charge < -0.3 is 9.64 Å². The van der Waals surface area contributed by atoms with E-state index in [-0.39, 0.29) is 17.5 Å². The van der Waals surface area contributed by atoms with Gasteiger partial charge in [0.1, 0.15) is 0 Å².